The predicted molar refractivity (Wildman–Crippen MR) is 48.1 cm³/mol. The van der Waals surface area contributed by atoms with E-state index in [9.17, 15) is 17.2 Å². The van der Waals surface area contributed by atoms with Crippen LogP contribution in [-0.4, -0.2) is 38.4 Å². The summed E-state index contributed by atoms with van der Waals surface area (Å²) >= 11 is 0. The lowest BCUT2D eigenvalue weighted by Gasteiger charge is -2.28. The Morgan fingerprint density at radius 3 is 2.64 bits per heavy atom. The molecule has 3 nitrogen and oxygen atoms in total. The van der Waals surface area contributed by atoms with Crippen molar-refractivity contribution >= 4 is 9.84 Å². The number of hydrogen-bond acceptors (Lipinski definition) is 3. The molecule has 2 heterocycles. The molecule has 1 spiro atoms. The monoisotopic (exact) mass is 225 g/mol. The van der Waals surface area contributed by atoms with Crippen molar-refractivity contribution in [1.82, 2.24) is 5.32 Å². The molecule has 0 aliphatic carbocycles. The molecule has 0 aromatic heterocycles. The molecule has 0 amide bonds. The molecule has 2 atom stereocenters. The number of sulfone groups is 1. The second-order valence-corrected chi connectivity index (χ2v) is 6.49. The summed E-state index contributed by atoms with van der Waals surface area (Å²) in [4.78, 5) is 0. The highest BCUT2D eigenvalue weighted by molar-refractivity contribution is 7.93. The summed E-state index contributed by atoms with van der Waals surface area (Å²) in [6.45, 7) is 0.729. The quantitative estimate of drug-likeness (QED) is 0.703. The maximum absolute atomic E-state index is 12.7. The van der Waals surface area contributed by atoms with Gasteiger partial charge in [-0.05, 0) is 19.4 Å². The van der Waals surface area contributed by atoms with Gasteiger partial charge in [-0.2, -0.15) is 0 Å². The summed E-state index contributed by atoms with van der Waals surface area (Å²) in [6.07, 6.45) is -2.07. The summed E-state index contributed by atoms with van der Waals surface area (Å²) in [7, 11) is -3.32. The van der Waals surface area contributed by atoms with Crippen molar-refractivity contribution in [2.45, 2.75) is 24.0 Å². The molecule has 2 fully saturated rings. The molecule has 0 aromatic carbocycles. The van der Waals surface area contributed by atoms with Gasteiger partial charge in [0.05, 0.1) is 10.5 Å². The third-order valence-electron chi connectivity index (χ3n) is 3.45. The van der Waals surface area contributed by atoms with Crippen LogP contribution in [0.25, 0.3) is 0 Å². The number of rotatable bonds is 1. The van der Waals surface area contributed by atoms with Crippen molar-refractivity contribution in [3.63, 3.8) is 0 Å². The standard InChI is InChI=1S/C8H13F2NO2S/c9-7(10)6-1-4-14(12,13)8(6)2-3-11-5-8/h6-7,11H,1-5H2. The van der Waals surface area contributed by atoms with E-state index < -0.39 is 26.9 Å². The van der Waals surface area contributed by atoms with E-state index in [-0.39, 0.29) is 18.7 Å². The van der Waals surface area contributed by atoms with Crippen LogP contribution < -0.4 is 5.32 Å². The minimum Gasteiger partial charge on any atom is -0.315 e. The fourth-order valence-electron chi connectivity index (χ4n) is 2.60. The Balaban J connectivity index is 2.40. The van der Waals surface area contributed by atoms with Gasteiger partial charge in [0.15, 0.2) is 9.84 Å². The Bertz CT molecular complexity index is 322. The topological polar surface area (TPSA) is 46.2 Å². The van der Waals surface area contributed by atoms with Crippen molar-refractivity contribution in [2.24, 2.45) is 5.92 Å². The lowest BCUT2D eigenvalue weighted by atomic mass is 9.89. The molecule has 0 aromatic rings. The van der Waals surface area contributed by atoms with E-state index in [1.54, 1.807) is 0 Å². The highest BCUT2D eigenvalue weighted by atomic mass is 32.2. The first-order valence-corrected chi connectivity index (χ1v) is 6.36. The zero-order valence-electron chi connectivity index (χ0n) is 7.67. The minimum absolute atomic E-state index is 0.0797. The molecule has 2 unspecified atom stereocenters. The SMILES string of the molecule is O=S1(=O)CCC(C(F)F)C12CCNC2. The summed E-state index contributed by atoms with van der Waals surface area (Å²) < 4.78 is 47.7. The number of halogens is 2. The maximum Gasteiger partial charge on any atom is 0.243 e. The number of alkyl halides is 2. The van der Waals surface area contributed by atoms with Gasteiger partial charge in [-0.1, -0.05) is 0 Å². The molecular weight excluding hydrogens is 212 g/mol. The molecule has 2 aliphatic rings. The van der Waals surface area contributed by atoms with Gasteiger partial charge in [0.1, 0.15) is 0 Å². The first-order valence-electron chi connectivity index (χ1n) is 4.71. The predicted octanol–water partition coefficient (Wildman–Crippen LogP) is 0.418. The van der Waals surface area contributed by atoms with Crippen LogP contribution in [0.2, 0.25) is 0 Å². The zero-order chi connectivity index (χ0) is 10.4. The molecule has 14 heavy (non-hydrogen) atoms. The van der Waals surface area contributed by atoms with Gasteiger partial charge >= 0.3 is 0 Å². The molecule has 2 aliphatic heterocycles. The fraction of sp³-hybridized carbons (Fsp3) is 1.00. The van der Waals surface area contributed by atoms with Crippen molar-refractivity contribution in [3.05, 3.63) is 0 Å². The van der Waals surface area contributed by atoms with Gasteiger partial charge in [-0.3, -0.25) is 0 Å². The van der Waals surface area contributed by atoms with Crippen LogP contribution in [0.4, 0.5) is 8.78 Å². The lowest BCUT2D eigenvalue weighted by molar-refractivity contribution is 0.0598. The van der Waals surface area contributed by atoms with Crippen LogP contribution in [0.1, 0.15) is 12.8 Å². The van der Waals surface area contributed by atoms with Gasteiger partial charge in [0.2, 0.25) is 6.43 Å². The van der Waals surface area contributed by atoms with Crippen LogP contribution >= 0.6 is 0 Å². The molecule has 2 rings (SSSR count). The number of hydrogen-bond donors (Lipinski definition) is 1. The second-order valence-electron chi connectivity index (χ2n) is 4.04. The van der Waals surface area contributed by atoms with Gasteiger partial charge in [0, 0.05) is 12.5 Å². The van der Waals surface area contributed by atoms with Crippen LogP contribution in [0.15, 0.2) is 0 Å². The van der Waals surface area contributed by atoms with Crippen LogP contribution in [0.5, 0.6) is 0 Å². The summed E-state index contributed by atoms with van der Waals surface area (Å²) in [5.74, 6) is -1.05. The average molecular weight is 225 g/mol. The van der Waals surface area contributed by atoms with Crippen molar-refractivity contribution < 1.29 is 17.2 Å². The molecule has 0 radical (unpaired) electrons. The lowest BCUT2D eigenvalue weighted by Crippen LogP contribution is -2.45. The van der Waals surface area contributed by atoms with Crippen LogP contribution in [0.3, 0.4) is 0 Å². The zero-order valence-corrected chi connectivity index (χ0v) is 8.49. The third kappa shape index (κ3) is 1.20. The maximum atomic E-state index is 12.7. The van der Waals surface area contributed by atoms with Gasteiger partial charge < -0.3 is 5.32 Å². The van der Waals surface area contributed by atoms with Crippen molar-refractivity contribution in [2.75, 3.05) is 18.8 Å². The van der Waals surface area contributed by atoms with E-state index in [0.29, 0.717) is 13.0 Å². The fourth-order valence-corrected chi connectivity index (χ4v) is 4.99. The minimum atomic E-state index is -3.32. The van der Waals surface area contributed by atoms with Crippen LogP contribution in [-0.2, 0) is 9.84 Å². The summed E-state index contributed by atoms with van der Waals surface area (Å²) in [5, 5.41) is 2.88. The molecule has 0 bridgehead atoms. The normalized spacial score (nSPS) is 41.2. The Labute approximate surface area is 81.8 Å². The largest absolute Gasteiger partial charge is 0.315 e. The molecule has 2 saturated heterocycles. The van der Waals surface area contributed by atoms with E-state index in [1.165, 1.54) is 0 Å². The number of nitrogens with one attached hydrogen (secondary N) is 1. The third-order valence-corrected chi connectivity index (χ3v) is 6.11. The second kappa shape index (κ2) is 3.13. The van der Waals surface area contributed by atoms with E-state index in [4.69, 9.17) is 0 Å². The summed E-state index contributed by atoms with van der Waals surface area (Å²) in [6, 6.07) is 0. The van der Waals surface area contributed by atoms with E-state index >= 15 is 0 Å². The Morgan fingerprint density at radius 1 is 1.43 bits per heavy atom. The first-order chi connectivity index (χ1) is 6.50. The Hall–Kier alpha value is -0.230. The van der Waals surface area contributed by atoms with Gasteiger partial charge in [-0.25, -0.2) is 17.2 Å². The van der Waals surface area contributed by atoms with E-state index in [1.807, 2.05) is 0 Å². The van der Waals surface area contributed by atoms with Crippen molar-refractivity contribution in [3.8, 4) is 0 Å². The van der Waals surface area contributed by atoms with Gasteiger partial charge in [-0.15, -0.1) is 0 Å². The highest BCUT2D eigenvalue weighted by Gasteiger charge is 2.58. The molecular formula is C8H13F2NO2S. The van der Waals surface area contributed by atoms with Gasteiger partial charge in [0.25, 0.3) is 0 Å². The molecule has 82 valence electrons. The first kappa shape index (κ1) is 10.3. The Kier molecular flexibility index (Phi) is 2.30. The molecule has 0 saturated carbocycles. The van der Waals surface area contributed by atoms with Crippen molar-refractivity contribution in [1.29, 1.82) is 0 Å². The van der Waals surface area contributed by atoms with E-state index in [0.717, 1.165) is 0 Å². The summed E-state index contributed by atoms with van der Waals surface area (Å²) in [5.41, 5.74) is 0. The molecule has 1 N–H and O–H groups in total. The van der Waals surface area contributed by atoms with Crippen LogP contribution in [0, 0.1) is 5.92 Å². The Morgan fingerprint density at radius 2 is 2.14 bits per heavy atom. The van der Waals surface area contributed by atoms with E-state index in [2.05, 4.69) is 5.32 Å². The average Bonchev–Trinajstić information content (AvgIpc) is 2.61. The molecule has 6 heteroatoms. The smallest absolute Gasteiger partial charge is 0.243 e. The highest BCUT2D eigenvalue weighted by Crippen LogP contribution is 2.44.